The van der Waals surface area contributed by atoms with Gasteiger partial charge in [0, 0.05) is 18.0 Å². The molecule has 0 atom stereocenters. The maximum absolute atomic E-state index is 14.2. The van der Waals surface area contributed by atoms with E-state index >= 15 is 0 Å². The first-order valence-corrected chi connectivity index (χ1v) is 8.54. The lowest BCUT2D eigenvalue weighted by Crippen LogP contribution is -2.10. The van der Waals surface area contributed by atoms with Crippen LogP contribution in [0.3, 0.4) is 0 Å². The van der Waals surface area contributed by atoms with Crippen LogP contribution in [0.5, 0.6) is 0 Å². The molecule has 4 aromatic rings. The molecule has 26 heavy (non-hydrogen) atoms. The van der Waals surface area contributed by atoms with Gasteiger partial charge in [0.25, 0.3) is 0 Å². The zero-order chi connectivity index (χ0) is 18.1. The van der Waals surface area contributed by atoms with Gasteiger partial charge in [0.2, 0.25) is 0 Å². The van der Waals surface area contributed by atoms with Gasteiger partial charge >= 0.3 is 0 Å². The third-order valence-corrected chi connectivity index (χ3v) is 4.23. The van der Waals surface area contributed by atoms with Gasteiger partial charge in [-0.3, -0.25) is 0 Å². The Bertz CT molecular complexity index is 1070. The minimum atomic E-state index is -0.453. The molecule has 0 spiro atoms. The highest BCUT2D eigenvalue weighted by Crippen LogP contribution is 2.24. The van der Waals surface area contributed by atoms with Crippen LogP contribution in [0.15, 0.2) is 37.2 Å². The summed E-state index contributed by atoms with van der Waals surface area (Å²) in [6.45, 7) is 2.47. The molecule has 4 rings (SSSR count). The summed E-state index contributed by atoms with van der Waals surface area (Å²) in [6, 6.07) is 2.88. The normalized spacial score (nSPS) is 11.3. The maximum Gasteiger partial charge on any atom is 0.163 e. The molecule has 0 aliphatic carbocycles. The van der Waals surface area contributed by atoms with Gasteiger partial charge < -0.3 is 4.57 Å². The van der Waals surface area contributed by atoms with Crippen LogP contribution < -0.4 is 0 Å². The van der Waals surface area contributed by atoms with Crippen LogP contribution >= 0.6 is 11.6 Å². The van der Waals surface area contributed by atoms with Crippen LogP contribution in [0.4, 0.5) is 4.39 Å². The van der Waals surface area contributed by atoms with E-state index in [1.807, 2.05) is 0 Å². The fourth-order valence-electron chi connectivity index (χ4n) is 2.93. The van der Waals surface area contributed by atoms with E-state index in [0.717, 1.165) is 29.7 Å². The second-order valence-electron chi connectivity index (χ2n) is 5.80. The van der Waals surface area contributed by atoms with Crippen molar-refractivity contribution in [3.8, 4) is 11.5 Å². The van der Waals surface area contributed by atoms with Gasteiger partial charge in [-0.15, -0.1) is 0 Å². The zero-order valence-corrected chi connectivity index (χ0v) is 14.7. The zero-order valence-electron chi connectivity index (χ0n) is 14.0. The monoisotopic (exact) mass is 371 g/mol. The van der Waals surface area contributed by atoms with Crippen molar-refractivity contribution in [1.29, 1.82) is 0 Å². The highest BCUT2D eigenvalue weighted by Gasteiger charge is 2.18. The topological polar surface area (TPSA) is 73.8 Å². The lowest BCUT2D eigenvalue weighted by Gasteiger charge is -2.11. The van der Waals surface area contributed by atoms with Crippen molar-refractivity contribution in [2.24, 2.45) is 0 Å². The Morgan fingerprint density at radius 2 is 2.12 bits per heavy atom. The maximum atomic E-state index is 14.2. The first-order valence-electron chi connectivity index (χ1n) is 8.17. The van der Waals surface area contributed by atoms with E-state index in [2.05, 4.69) is 32.0 Å². The molecule has 4 heterocycles. The number of imidazole rings is 1. The van der Waals surface area contributed by atoms with Crippen LogP contribution in [-0.2, 0) is 13.0 Å². The number of fused-ring (bicyclic) bond motifs is 1. The molecule has 0 N–H and O–H groups in total. The molecule has 0 aromatic carbocycles. The average Bonchev–Trinajstić information content (AvgIpc) is 3.24. The Balaban J connectivity index is 1.80. The molecule has 0 amide bonds. The summed E-state index contributed by atoms with van der Waals surface area (Å²) in [5.41, 5.74) is 2.75. The van der Waals surface area contributed by atoms with Gasteiger partial charge in [-0.2, -0.15) is 5.10 Å². The van der Waals surface area contributed by atoms with Crippen molar-refractivity contribution in [2.75, 3.05) is 0 Å². The van der Waals surface area contributed by atoms with Crippen LogP contribution in [0.2, 0.25) is 5.15 Å². The summed E-state index contributed by atoms with van der Waals surface area (Å²) in [7, 11) is 0. The average molecular weight is 372 g/mol. The number of rotatable bonds is 5. The Labute approximate surface area is 153 Å². The molecule has 7 nitrogen and oxygen atoms in total. The molecule has 0 aliphatic heterocycles. The summed E-state index contributed by atoms with van der Waals surface area (Å²) in [5.74, 6) is -0.0932. The lowest BCUT2D eigenvalue weighted by molar-refractivity contribution is 0.621. The molecule has 0 saturated carbocycles. The van der Waals surface area contributed by atoms with E-state index < -0.39 is 5.82 Å². The molecule has 0 saturated heterocycles. The summed E-state index contributed by atoms with van der Waals surface area (Å²) >= 11 is 6.08. The predicted molar refractivity (Wildman–Crippen MR) is 94.3 cm³/mol. The van der Waals surface area contributed by atoms with E-state index in [4.69, 9.17) is 11.6 Å². The van der Waals surface area contributed by atoms with Crippen molar-refractivity contribution in [3.63, 3.8) is 0 Å². The fraction of sp³-hybridized carbons (Fsp3) is 0.235. The molecule has 0 radical (unpaired) electrons. The first-order chi connectivity index (χ1) is 12.7. The van der Waals surface area contributed by atoms with Gasteiger partial charge in [0.05, 0.1) is 12.2 Å². The third kappa shape index (κ3) is 2.92. The summed E-state index contributed by atoms with van der Waals surface area (Å²) in [4.78, 5) is 17.2. The SMILES string of the molecule is CCCc1c(Cn2cc(Cl)nc2-c2ncccc2F)ncn2ncnc12. The van der Waals surface area contributed by atoms with E-state index in [-0.39, 0.29) is 10.8 Å². The summed E-state index contributed by atoms with van der Waals surface area (Å²) in [6.07, 6.45) is 8.04. The number of halogens is 2. The van der Waals surface area contributed by atoms with Crippen molar-refractivity contribution >= 4 is 17.2 Å². The van der Waals surface area contributed by atoms with E-state index in [9.17, 15) is 4.39 Å². The Morgan fingerprint density at radius 1 is 1.23 bits per heavy atom. The second kappa shape index (κ2) is 6.80. The van der Waals surface area contributed by atoms with Crippen LogP contribution in [0.25, 0.3) is 17.2 Å². The largest absolute Gasteiger partial charge is 0.322 e. The van der Waals surface area contributed by atoms with Crippen LogP contribution in [-0.4, -0.2) is 34.1 Å². The number of pyridine rings is 1. The Morgan fingerprint density at radius 3 is 2.92 bits per heavy atom. The van der Waals surface area contributed by atoms with Crippen molar-refractivity contribution in [3.05, 3.63) is 59.4 Å². The highest BCUT2D eigenvalue weighted by atomic mass is 35.5. The Hall–Kier alpha value is -2.87. The highest BCUT2D eigenvalue weighted by molar-refractivity contribution is 6.29. The van der Waals surface area contributed by atoms with Crippen molar-refractivity contribution in [2.45, 2.75) is 26.3 Å². The quantitative estimate of drug-likeness (QED) is 0.538. The van der Waals surface area contributed by atoms with Gasteiger partial charge in [-0.25, -0.2) is 28.8 Å². The van der Waals surface area contributed by atoms with Gasteiger partial charge in [-0.1, -0.05) is 24.9 Å². The summed E-state index contributed by atoms with van der Waals surface area (Å²) < 4.78 is 17.6. The van der Waals surface area contributed by atoms with Gasteiger partial charge in [-0.05, 0) is 18.6 Å². The standard InChI is InChI=1S/C17H15ClFN7/c1-2-4-11-13(22-10-26-16(11)21-9-23-26)7-25-8-14(18)24-17(25)15-12(19)5-3-6-20-15/h3,5-6,8-10H,2,4,7H2,1H3. The second-order valence-corrected chi connectivity index (χ2v) is 6.18. The Kier molecular flexibility index (Phi) is 4.34. The smallest absolute Gasteiger partial charge is 0.163 e. The minimum absolute atomic E-state index is 0.153. The van der Waals surface area contributed by atoms with E-state index in [1.54, 1.807) is 21.6 Å². The predicted octanol–water partition coefficient (Wildman–Crippen LogP) is 3.18. The third-order valence-electron chi connectivity index (χ3n) is 4.05. The molecule has 4 aromatic heterocycles. The van der Waals surface area contributed by atoms with Gasteiger partial charge in [0.15, 0.2) is 17.3 Å². The van der Waals surface area contributed by atoms with Gasteiger partial charge in [0.1, 0.15) is 23.5 Å². The minimum Gasteiger partial charge on any atom is -0.322 e. The van der Waals surface area contributed by atoms with Crippen LogP contribution in [0.1, 0.15) is 24.6 Å². The molecule has 0 fully saturated rings. The number of nitrogens with zero attached hydrogens (tertiary/aromatic N) is 7. The van der Waals surface area contributed by atoms with E-state index in [0.29, 0.717) is 12.4 Å². The molecule has 0 bridgehead atoms. The molecule has 132 valence electrons. The summed E-state index contributed by atoms with van der Waals surface area (Å²) in [5, 5.41) is 4.40. The molecular formula is C17H15ClFN7. The number of hydrogen-bond donors (Lipinski definition) is 0. The van der Waals surface area contributed by atoms with Crippen LogP contribution in [0, 0.1) is 5.82 Å². The number of hydrogen-bond acceptors (Lipinski definition) is 5. The molecule has 0 aliphatic rings. The van der Waals surface area contributed by atoms with Crippen molar-refractivity contribution in [1.82, 2.24) is 34.1 Å². The number of aromatic nitrogens is 7. The molecular weight excluding hydrogens is 357 g/mol. The fourth-order valence-corrected chi connectivity index (χ4v) is 3.13. The molecule has 0 unspecified atom stereocenters. The van der Waals surface area contributed by atoms with Crippen molar-refractivity contribution < 1.29 is 4.39 Å². The number of aryl methyl sites for hydroxylation is 1. The van der Waals surface area contributed by atoms with E-state index in [1.165, 1.54) is 24.7 Å². The molecule has 9 heteroatoms. The lowest BCUT2D eigenvalue weighted by atomic mass is 10.1. The first kappa shape index (κ1) is 16.6.